The van der Waals surface area contributed by atoms with Gasteiger partial charge in [0.1, 0.15) is 0 Å². The Morgan fingerprint density at radius 1 is 1.60 bits per heavy atom. The van der Waals surface area contributed by atoms with Gasteiger partial charge in [0.2, 0.25) is 0 Å². The Bertz CT molecular complexity index is 11.6. The average Bonchev–Trinajstić information content (AvgIpc) is 0.918. The molecule has 0 aromatic rings. The van der Waals surface area contributed by atoms with Crippen LogP contribution in [0.1, 0.15) is 0 Å². The van der Waals surface area contributed by atoms with Crippen molar-refractivity contribution >= 4 is 68.8 Å². The van der Waals surface area contributed by atoms with Gasteiger partial charge >= 0.3 is 0 Å². The summed E-state index contributed by atoms with van der Waals surface area (Å²) in [5, 5.41) is 0. The van der Waals surface area contributed by atoms with Crippen molar-refractivity contribution in [2.75, 3.05) is 0 Å². The van der Waals surface area contributed by atoms with Crippen molar-refractivity contribution < 1.29 is 0 Å². The fourth-order valence-electron chi connectivity index (χ4n) is 0. The van der Waals surface area contributed by atoms with E-state index < -0.39 is 0 Å². The first-order valence-electron chi connectivity index (χ1n) is 0.309. The van der Waals surface area contributed by atoms with Gasteiger partial charge in [-0.25, -0.2) is 0 Å². The zero-order chi connectivity index (χ0) is 2.71. The Kier molecular flexibility index (Phi) is 50.6. The minimum Gasteiger partial charge on any atom is -0.153 e. The summed E-state index contributed by atoms with van der Waals surface area (Å²) >= 11 is 1.97. The second-order valence-corrected chi connectivity index (χ2v) is 3.52. The number of hydrogen-bond donors (Lipinski definition) is 0. The number of hydrogen-bond acceptors (Lipinski definition) is 1. The summed E-state index contributed by atoms with van der Waals surface area (Å²) in [6.07, 6.45) is 0. The van der Waals surface area contributed by atoms with Crippen LogP contribution in [0.3, 0.4) is 0 Å². The van der Waals surface area contributed by atoms with Gasteiger partial charge in [0.05, 0.1) is 0 Å². The minimum atomic E-state index is 0. The predicted molar refractivity (Wildman–Crippen MR) is 44.3 cm³/mol. The van der Waals surface area contributed by atoms with Crippen molar-refractivity contribution in [2.24, 2.45) is 0 Å². The topological polar surface area (TPSA) is 0 Å². The molecule has 0 spiro atoms. The number of rotatable bonds is 0. The van der Waals surface area contributed by atoms with Crippen molar-refractivity contribution in [3.8, 4) is 0 Å². The molecule has 0 heterocycles. The fourth-order valence-corrected chi connectivity index (χ4v) is 0. The van der Waals surface area contributed by atoms with Crippen LogP contribution < -0.4 is 0 Å². The largest absolute Gasteiger partial charge is 0.153 e. The second kappa shape index (κ2) is 16.1. The van der Waals surface area contributed by atoms with Gasteiger partial charge < -0.3 is 0 Å². The summed E-state index contributed by atoms with van der Waals surface area (Å²) < 4.78 is 0. The van der Waals surface area contributed by atoms with Crippen molar-refractivity contribution in [1.29, 1.82) is 0 Å². The third-order valence-corrected chi connectivity index (χ3v) is 0. The molecule has 0 aliphatic rings. The SMILES string of the molecule is ClSI.P.[Li]. The first-order valence-corrected chi connectivity index (χ1v) is 4.49. The molecule has 0 rings (SSSR count). The van der Waals surface area contributed by atoms with Crippen molar-refractivity contribution in [2.45, 2.75) is 0 Å². The van der Waals surface area contributed by atoms with Crippen LogP contribution in [0.25, 0.3) is 0 Å². The van der Waals surface area contributed by atoms with Crippen LogP contribution in [-0.4, -0.2) is 18.9 Å². The van der Waals surface area contributed by atoms with E-state index in [1.807, 2.05) is 21.2 Å². The van der Waals surface area contributed by atoms with Gasteiger partial charge in [-0.15, -0.1) is 0 Å². The Balaban J connectivity index is -0.0000000200. The molecule has 0 bridgehead atoms. The Hall–Kier alpha value is 2.40. The van der Waals surface area contributed by atoms with E-state index in [9.17, 15) is 0 Å². The van der Waals surface area contributed by atoms with Crippen LogP contribution in [0.5, 0.6) is 0 Å². The molecule has 0 saturated carbocycles. The van der Waals surface area contributed by atoms with E-state index in [4.69, 9.17) is 10.7 Å². The molecule has 5 heavy (non-hydrogen) atoms. The van der Waals surface area contributed by atoms with Crippen LogP contribution in [-0.2, 0) is 0 Å². The van der Waals surface area contributed by atoms with Crippen molar-refractivity contribution in [3.05, 3.63) is 0 Å². The van der Waals surface area contributed by atoms with E-state index in [-0.39, 0.29) is 28.8 Å². The molecule has 0 N–H and O–H groups in total. The van der Waals surface area contributed by atoms with Gasteiger partial charge in [-0.2, -0.15) is 9.90 Å². The van der Waals surface area contributed by atoms with Crippen LogP contribution in [0.2, 0.25) is 0 Å². The standard InChI is InChI=1S/ClIS.Li.H3P/c1-3-2;;/h;;1H3. The fraction of sp³-hybridized carbons (Fsp3) is 0. The molecule has 1 unspecified atom stereocenters. The third kappa shape index (κ3) is 21.5. The van der Waals surface area contributed by atoms with E-state index in [0.29, 0.717) is 0 Å². The quantitative estimate of drug-likeness (QED) is 0.351. The summed E-state index contributed by atoms with van der Waals surface area (Å²) in [4.78, 5) is 0. The van der Waals surface area contributed by atoms with Gasteiger partial charge in [-0.3, -0.25) is 0 Å². The summed E-state index contributed by atoms with van der Waals surface area (Å²) in [5.74, 6) is 0. The molecular formula is H3ClILiPS. The maximum atomic E-state index is 4.90. The van der Waals surface area contributed by atoms with Crippen molar-refractivity contribution in [1.82, 2.24) is 0 Å². The average molecular weight is 235 g/mol. The van der Waals surface area contributed by atoms with Gasteiger partial charge in [-0.05, 0) is 10.7 Å². The molecule has 0 aliphatic carbocycles. The van der Waals surface area contributed by atoms with Gasteiger partial charge in [0.15, 0.2) is 0 Å². The molecule has 0 amide bonds. The van der Waals surface area contributed by atoms with E-state index in [2.05, 4.69) is 0 Å². The predicted octanol–water partition coefficient (Wildman–Crippen LogP) is 1.90. The first-order chi connectivity index (χ1) is 1.41. The first kappa shape index (κ1) is 15.7. The molecule has 0 aliphatic heterocycles. The Morgan fingerprint density at radius 3 is 1.60 bits per heavy atom. The zero-order valence-corrected chi connectivity index (χ0v) is 8.02. The Morgan fingerprint density at radius 2 is 1.60 bits per heavy atom. The van der Waals surface area contributed by atoms with Gasteiger partial charge in [0, 0.05) is 48.2 Å². The molecule has 29 valence electrons. The van der Waals surface area contributed by atoms with E-state index in [1.165, 1.54) is 8.15 Å². The molecule has 0 saturated heterocycles. The normalized spacial score (nSPS) is 3.60. The summed E-state index contributed by atoms with van der Waals surface area (Å²) in [6, 6.07) is 0. The van der Waals surface area contributed by atoms with Crippen LogP contribution in [0.15, 0.2) is 0 Å². The Labute approximate surface area is 68.1 Å². The minimum absolute atomic E-state index is 0. The summed E-state index contributed by atoms with van der Waals surface area (Å²) in [6.45, 7) is 0. The molecule has 5 heteroatoms. The molecule has 0 aromatic heterocycles. The van der Waals surface area contributed by atoms with Gasteiger partial charge in [-0.1, -0.05) is 0 Å². The molecule has 0 nitrogen and oxygen atoms in total. The summed E-state index contributed by atoms with van der Waals surface area (Å²) in [7, 11) is 6.09. The molecule has 0 aromatic carbocycles. The van der Waals surface area contributed by atoms with Crippen LogP contribution in [0.4, 0.5) is 0 Å². The molecule has 1 atom stereocenters. The maximum absolute atomic E-state index is 4.90. The molecular weight excluding hydrogens is 232 g/mol. The number of halogens is 2. The van der Waals surface area contributed by atoms with Crippen molar-refractivity contribution in [3.63, 3.8) is 0 Å². The smallest absolute Gasteiger partial charge is 0.0177 e. The van der Waals surface area contributed by atoms with E-state index in [1.54, 1.807) is 0 Å². The zero-order valence-electron chi connectivity index (χ0n) is 2.87. The van der Waals surface area contributed by atoms with E-state index in [0.717, 1.165) is 0 Å². The van der Waals surface area contributed by atoms with E-state index >= 15 is 0 Å². The summed E-state index contributed by atoms with van der Waals surface area (Å²) in [5.41, 5.74) is 0. The van der Waals surface area contributed by atoms with Gasteiger partial charge in [0.25, 0.3) is 0 Å². The second-order valence-electron chi connectivity index (χ2n) is 0.0583. The molecule has 0 fully saturated rings. The van der Waals surface area contributed by atoms with Crippen LogP contribution in [0, 0.1) is 0 Å². The third-order valence-electron chi connectivity index (χ3n) is 0. The monoisotopic (exact) mass is 235 g/mol. The molecule has 1 radical (unpaired) electrons. The maximum Gasteiger partial charge on any atom is 0.0177 e. The van der Waals surface area contributed by atoms with Crippen LogP contribution >= 0.6 is 49.9 Å².